The Morgan fingerprint density at radius 1 is 1.33 bits per heavy atom. The van der Waals surface area contributed by atoms with E-state index in [1.54, 1.807) is 0 Å². The van der Waals surface area contributed by atoms with Crippen LogP contribution in [-0.4, -0.2) is 30.1 Å². The van der Waals surface area contributed by atoms with Crippen molar-refractivity contribution in [2.45, 2.75) is 57.1 Å². The summed E-state index contributed by atoms with van der Waals surface area (Å²) >= 11 is 5.51. The molecule has 1 N–H and O–H groups in total. The second kappa shape index (κ2) is 9.14. The average Bonchev–Trinajstić information content (AvgIpc) is 3.02. The lowest BCUT2D eigenvalue weighted by Gasteiger charge is -2.20. The van der Waals surface area contributed by atoms with Gasteiger partial charge in [-0.2, -0.15) is 11.8 Å². The molecule has 0 bridgehead atoms. The Morgan fingerprint density at radius 2 is 2.04 bits per heavy atom. The molecule has 0 radical (unpaired) electrons. The van der Waals surface area contributed by atoms with E-state index in [9.17, 15) is 4.79 Å². The summed E-state index contributed by atoms with van der Waals surface area (Å²) in [5, 5.41) is 3.73. The number of carbonyl (C=O) groups excluding carboxylic acids is 1. The molecule has 1 fully saturated rings. The number of halogens is 1. The predicted molar refractivity (Wildman–Crippen MR) is 106 cm³/mol. The summed E-state index contributed by atoms with van der Waals surface area (Å²) in [7, 11) is 0. The molecule has 5 heteroatoms. The fourth-order valence-electron chi connectivity index (χ4n) is 2.75. The molecule has 0 unspecified atom stereocenters. The van der Waals surface area contributed by atoms with Gasteiger partial charge in [0.25, 0.3) is 5.91 Å². The standard InChI is InChI=1S/C19H28BrNO2S/c1-19(2,3)14-8-9-17(16(20)12-14)23-13-18(22)21-10-11-24-15-6-4-5-7-15/h8-9,12,15H,4-7,10-11,13H2,1-3H3,(H,21,22). The van der Waals surface area contributed by atoms with E-state index in [0.29, 0.717) is 12.3 Å². The third-order valence-electron chi connectivity index (χ3n) is 4.24. The Bertz CT molecular complexity index is 551. The molecule has 0 spiro atoms. The van der Waals surface area contributed by atoms with Gasteiger partial charge in [-0.05, 0) is 51.9 Å². The van der Waals surface area contributed by atoms with Crippen molar-refractivity contribution in [1.82, 2.24) is 5.32 Å². The first kappa shape index (κ1) is 19.6. The SMILES string of the molecule is CC(C)(C)c1ccc(OCC(=O)NCCSC2CCCC2)c(Br)c1. The van der Waals surface area contributed by atoms with E-state index in [1.807, 2.05) is 17.8 Å². The first-order valence-electron chi connectivity index (χ1n) is 8.67. The molecule has 2 rings (SSSR count). The van der Waals surface area contributed by atoms with E-state index >= 15 is 0 Å². The van der Waals surface area contributed by atoms with Gasteiger partial charge in [0.1, 0.15) is 5.75 Å². The number of nitrogens with one attached hydrogen (secondary N) is 1. The number of benzene rings is 1. The highest BCUT2D eigenvalue weighted by Crippen LogP contribution is 2.31. The lowest BCUT2D eigenvalue weighted by molar-refractivity contribution is -0.122. The molecule has 1 aromatic carbocycles. The van der Waals surface area contributed by atoms with Crippen LogP contribution in [0.25, 0.3) is 0 Å². The largest absolute Gasteiger partial charge is 0.483 e. The molecule has 0 aliphatic heterocycles. The Balaban J connectivity index is 1.69. The van der Waals surface area contributed by atoms with E-state index in [0.717, 1.165) is 15.5 Å². The van der Waals surface area contributed by atoms with Crippen LogP contribution >= 0.6 is 27.7 Å². The maximum Gasteiger partial charge on any atom is 0.257 e. The molecule has 0 atom stereocenters. The minimum absolute atomic E-state index is 0.0571. The molecule has 1 amide bonds. The van der Waals surface area contributed by atoms with Crippen molar-refractivity contribution < 1.29 is 9.53 Å². The molecule has 0 aromatic heterocycles. The summed E-state index contributed by atoms with van der Waals surface area (Å²) in [6.07, 6.45) is 5.39. The first-order chi connectivity index (χ1) is 11.4. The van der Waals surface area contributed by atoms with Crippen LogP contribution in [0.5, 0.6) is 5.75 Å². The molecular weight excluding hydrogens is 386 g/mol. The summed E-state index contributed by atoms with van der Waals surface area (Å²) < 4.78 is 6.52. The number of amides is 1. The van der Waals surface area contributed by atoms with Gasteiger partial charge in [0.2, 0.25) is 0 Å². The van der Waals surface area contributed by atoms with Crippen molar-refractivity contribution in [2.75, 3.05) is 18.9 Å². The van der Waals surface area contributed by atoms with Gasteiger partial charge in [-0.3, -0.25) is 4.79 Å². The van der Waals surface area contributed by atoms with Gasteiger partial charge in [0, 0.05) is 17.5 Å². The van der Waals surface area contributed by atoms with Crippen LogP contribution in [-0.2, 0) is 10.2 Å². The van der Waals surface area contributed by atoms with Gasteiger partial charge < -0.3 is 10.1 Å². The molecule has 1 aliphatic rings. The zero-order chi connectivity index (χ0) is 17.6. The van der Waals surface area contributed by atoms with E-state index in [1.165, 1.54) is 31.2 Å². The second-order valence-electron chi connectivity index (χ2n) is 7.31. The summed E-state index contributed by atoms with van der Waals surface area (Å²) in [5.41, 5.74) is 1.32. The molecule has 0 saturated heterocycles. The lowest BCUT2D eigenvalue weighted by Crippen LogP contribution is -2.31. The van der Waals surface area contributed by atoms with Crippen molar-refractivity contribution in [3.63, 3.8) is 0 Å². The molecule has 134 valence electrons. The van der Waals surface area contributed by atoms with Crippen molar-refractivity contribution in [3.8, 4) is 5.75 Å². The van der Waals surface area contributed by atoms with Crippen LogP contribution in [0.3, 0.4) is 0 Å². The summed E-state index contributed by atoms with van der Waals surface area (Å²) in [6, 6.07) is 6.04. The third-order valence-corrected chi connectivity index (χ3v) is 6.24. The van der Waals surface area contributed by atoms with Crippen molar-refractivity contribution in [2.24, 2.45) is 0 Å². The smallest absolute Gasteiger partial charge is 0.257 e. The molecule has 1 aliphatic carbocycles. The normalized spacial score (nSPS) is 15.5. The predicted octanol–water partition coefficient (Wildman–Crippen LogP) is 4.92. The zero-order valence-electron chi connectivity index (χ0n) is 14.9. The summed E-state index contributed by atoms with van der Waals surface area (Å²) in [6.45, 7) is 7.29. The number of hydrogen-bond donors (Lipinski definition) is 1. The Labute approximate surface area is 158 Å². The van der Waals surface area contributed by atoms with E-state index in [2.05, 4.69) is 54.2 Å². The number of thioether (sulfide) groups is 1. The van der Waals surface area contributed by atoms with Crippen molar-refractivity contribution in [1.29, 1.82) is 0 Å². The maximum atomic E-state index is 11.9. The van der Waals surface area contributed by atoms with Crippen molar-refractivity contribution in [3.05, 3.63) is 28.2 Å². The first-order valence-corrected chi connectivity index (χ1v) is 10.5. The summed E-state index contributed by atoms with van der Waals surface area (Å²) in [5.74, 6) is 1.63. The molecule has 1 saturated carbocycles. The van der Waals surface area contributed by atoms with Crippen LogP contribution in [0, 0.1) is 0 Å². The second-order valence-corrected chi connectivity index (χ2v) is 9.57. The van der Waals surface area contributed by atoms with Gasteiger partial charge >= 0.3 is 0 Å². The van der Waals surface area contributed by atoms with Crippen LogP contribution in [0.1, 0.15) is 52.0 Å². The van der Waals surface area contributed by atoms with Gasteiger partial charge in [-0.15, -0.1) is 0 Å². The number of carbonyl (C=O) groups is 1. The van der Waals surface area contributed by atoms with Crippen LogP contribution in [0.2, 0.25) is 0 Å². The zero-order valence-corrected chi connectivity index (χ0v) is 17.3. The summed E-state index contributed by atoms with van der Waals surface area (Å²) in [4.78, 5) is 11.9. The highest BCUT2D eigenvalue weighted by atomic mass is 79.9. The Morgan fingerprint density at radius 3 is 2.67 bits per heavy atom. The number of ether oxygens (including phenoxy) is 1. The number of rotatable bonds is 7. The van der Waals surface area contributed by atoms with E-state index in [-0.39, 0.29) is 17.9 Å². The minimum Gasteiger partial charge on any atom is -0.483 e. The molecule has 24 heavy (non-hydrogen) atoms. The number of hydrogen-bond acceptors (Lipinski definition) is 3. The molecular formula is C19H28BrNO2S. The lowest BCUT2D eigenvalue weighted by atomic mass is 9.87. The average molecular weight is 414 g/mol. The van der Waals surface area contributed by atoms with E-state index in [4.69, 9.17) is 4.74 Å². The molecule has 0 heterocycles. The third kappa shape index (κ3) is 6.32. The minimum atomic E-state index is -0.0613. The van der Waals surface area contributed by atoms with Gasteiger partial charge in [-0.1, -0.05) is 39.7 Å². The van der Waals surface area contributed by atoms with Crippen LogP contribution in [0.15, 0.2) is 22.7 Å². The van der Waals surface area contributed by atoms with E-state index < -0.39 is 0 Å². The van der Waals surface area contributed by atoms with Crippen LogP contribution in [0.4, 0.5) is 0 Å². The Hall–Kier alpha value is -0.680. The van der Waals surface area contributed by atoms with Gasteiger partial charge in [0.15, 0.2) is 6.61 Å². The Kier molecular flexibility index (Phi) is 7.48. The fraction of sp³-hybridized carbons (Fsp3) is 0.632. The van der Waals surface area contributed by atoms with Gasteiger partial charge in [-0.25, -0.2) is 0 Å². The van der Waals surface area contributed by atoms with Crippen LogP contribution < -0.4 is 10.1 Å². The van der Waals surface area contributed by atoms with Crippen molar-refractivity contribution >= 4 is 33.6 Å². The molecule has 1 aromatic rings. The molecule has 3 nitrogen and oxygen atoms in total. The van der Waals surface area contributed by atoms with Gasteiger partial charge in [0.05, 0.1) is 4.47 Å². The maximum absolute atomic E-state index is 11.9. The monoisotopic (exact) mass is 413 g/mol. The topological polar surface area (TPSA) is 38.3 Å². The fourth-order valence-corrected chi connectivity index (χ4v) is 4.46. The highest BCUT2D eigenvalue weighted by molar-refractivity contribution is 9.10. The quantitative estimate of drug-likeness (QED) is 0.644. The highest BCUT2D eigenvalue weighted by Gasteiger charge is 2.16.